The number of hydrogen-bond acceptors (Lipinski definition) is 6. The zero-order valence-corrected chi connectivity index (χ0v) is 13.0. The lowest BCUT2D eigenvalue weighted by molar-refractivity contribution is -0.00178. The van der Waals surface area contributed by atoms with Gasteiger partial charge in [0.2, 0.25) is 0 Å². The minimum Gasteiger partial charge on any atom is -0.497 e. The Morgan fingerprint density at radius 3 is 2.88 bits per heavy atom. The number of imidazole rings is 1. The summed E-state index contributed by atoms with van der Waals surface area (Å²) in [6, 6.07) is 7.71. The zero-order valence-electron chi connectivity index (χ0n) is 13.0. The molecule has 0 aliphatic carbocycles. The number of fused-ring (bicyclic) bond motifs is 1. The molecular formula is C16H15N5O3. The normalized spacial score (nSPS) is 16.6. The molecule has 0 spiro atoms. The Morgan fingerprint density at radius 2 is 2.17 bits per heavy atom. The highest BCUT2D eigenvalue weighted by atomic mass is 16.5. The van der Waals surface area contributed by atoms with E-state index >= 15 is 0 Å². The summed E-state index contributed by atoms with van der Waals surface area (Å²) in [5.41, 5.74) is 2.00. The lowest BCUT2D eigenvalue weighted by atomic mass is 10.1. The van der Waals surface area contributed by atoms with Crippen molar-refractivity contribution in [2.75, 3.05) is 7.11 Å². The van der Waals surface area contributed by atoms with Crippen molar-refractivity contribution < 1.29 is 14.3 Å². The topological polar surface area (TPSA) is 84.1 Å². The molecule has 3 heterocycles. The van der Waals surface area contributed by atoms with Crippen molar-refractivity contribution in [2.24, 2.45) is 0 Å². The van der Waals surface area contributed by atoms with Gasteiger partial charge in [0, 0.05) is 12.4 Å². The fourth-order valence-electron chi connectivity index (χ4n) is 2.70. The quantitative estimate of drug-likeness (QED) is 0.724. The molecule has 122 valence electrons. The van der Waals surface area contributed by atoms with Crippen LogP contribution in [0.4, 0.5) is 0 Å². The molecule has 1 atom stereocenters. The highest BCUT2D eigenvalue weighted by molar-refractivity contribution is 5.94. The van der Waals surface area contributed by atoms with Gasteiger partial charge in [0.25, 0.3) is 5.91 Å². The fraction of sp³-hybridized carbons (Fsp3) is 0.250. The van der Waals surface area contributed by atoms with E-state index in [1.54, 1.807) is 24.2 Å². The molecule has 0 saturated heterocycles. The zero-order chi connectivity index (χ0) is 16.5. The number of hydrogen-bond donors (Lipinski definition) is 0. The van der Waals surface area contributed by atoms with E-state index in [9.17, 15) is 4.79 Å². The van der Waals surface area contributed by atoms with Gasteiger partial charge >= 0.3 is 0 Å². The van der Waals surface area contributed by atoms with Crippen LogP contribution in [0.15, 0.2) is 43.0 Å². The molecule has 4 rings (SSSR count). The molecule has 0 fully saturated rings. The first-order valence-corrected chi connectivity index (χ1v) is 7.47. The smallest absolute Gasteiger partial charge is 0.285 e. The lowest BCUT2D eigenvalue weighted by Crippen LogP contribution is -2.23. The van der Waals surface area contributed by atoms with Gasteiger partial charge in [-0.15, -0.1) is 5.10 Å². The molecule has 8 heteroatoms. The summed E-state index contributed by atoms with van der Waals surface area (Å²) in [7, 11) is 1.63. The van der Waals surface area contributed by atoms with Crippen LogP contribution in [0.25, 0.3) is 0 Å². The predicted octanol–water partition coefficient (Wildman–Crippen LogP) is 1.44. The van der Waals surface area contributed by atoms with E-state index in [4.69, 9.17) is 9.47 Å². The van der Waals surface area contributed by atoms with Crippen LogP contribution in [0.1, 0.15) is 27.8 Å². The van der Waals surface area contributed by atoms with Gasteiger partial charge in [-0.3, -0.25) is 9.36 Å². The van der Waals surface area contributed by atoms with Crippen molar-refractivity contribution in [1.29, 1.82) is 0 Å². The first-order chi connectivity index (χ1) is 11.8. The number of ether oxygens (including phenoxy) is 2. The van der Waals surface area contributed by atoms with Crippen LogP contribution in [-0.2, 0) is 17.9 Å². The van der Waals surface area contributed by atoms with Gasteiger partial charge in [-0.05, 0) is 17.7 Å². The van der Waals surface area contributed by atoms with Crippen LogP contribution in [0, 0.1) is 0 Å². The van der Waals surface area contributed by atoms with Crippen molar-refractivity contribution in [3.63, 3.8) is 0 Å². The fourth-order valence-corrected chi connectivity index (χ4v) is 2.70. The highest BCUT2D eigenvalue weighted by Crippen LogP contribution is 2.28. The Labute approximate surface area is 137 Å². The molecule has 0 bridgehead atoms. The van der Waals surface area contributed by atoms with Crippen molar-refractivity contribution in [2.45, 2.75) is 19.3 Å². The Balaban J connectivity index is 1.57. The molecular weight excluding hydrogens is 310 g/mol. The summed E-state index contributed by atoms with van der Waals surface area (Å²) in [6.45, 7) is 0.783. The number of rotatable bonds is 3. The standard InChI is InChI=1S/C16H15N5O3/c1-23-12-4-2-11(3-5-12)14-8-21-13(9-24-14)15(18-19-21)16(22)20-7-6-17-10-20/h2-7,10,14H,8-9H2,1H3/t14-/m0/s1. The minimum absolute atomic E-state index is 0.138. The number of carbonyl (C=O) groups excluding carboxylic acids is 1. The van der Waals surface area contributed by atoms with Crippen LogP contribution >= 0.6 is 0 Å². The van der Waals surface area contributed by atoms with Crippen LogP contribution in [0.5, 0.6) is 5.75 Å². The molecule has 3 aromatic rings. The molecule has 1 aliphatic heterocycles. The lowest BCUT2D eigenvalue weighted by Gasteiger charge is -2.24. The van der Waals surface area contributed by atoms with Crippen LogP contribution in [0.3, 0.4) is 0 Å². The first-order valence-electron chi connectivity index (χ1n) is 7.47. The average Bonchev–Trinajstić information content (AvgIpc) is 3.30. The van der Waals surface area contributed by atoms with E-state index < -0.39 is 0 Å². The van der Waals surface area contributed by atoms with E-state index in [0.29, 0.717) is 17.9 Å². The summed E-state index contributed by atoms with van der Waals surface area (Å²) in [5.74, 6) is 0.532. The third kappa shape index (κ3) is 2.46. The van der Waals surface area contributed by atoms with Crippen LogP contribution in [-0.4, -0.2) is 37.6 Å². The molecule has 0 saturated carbocycles. The number of nitrogens with zero attached hydrogens (tertiary/aromatic N) is 5. The van der Waals surface area contributed by atoms with Crippen LogP contribution in [0.2, 0.25) is 0 Å². The summed E-state index contributed by atoms with van der Waals surface area (Å²) < 4.78 is 14.2. The first kappa shape index (κ1) is 14.6. The van der Waals surface area contributed by atoms with E-state index in [0.717, 1.165) is 11.3 Å². The Kier molecular flexibility index (Phi) is 3.58. The Morgan fingerprint density at radius 1 is 1.33 bits per heavy atom. The van der Waals surface area contributed by atoms with Gasteiger partial charge < -0.3 is 9.47 Å². The molecule has 0 unspecified atom stereocenters. The molecule has 8 nitrogen and oxygen atoms in total. The van der Waals surface area contributed by atoms with E-state index in [1.807, 2.05) is 24.3 Å². The van der Waals surface area contributed by atoms with E-state index in [-0.39, 0.29) is 18.6 Å². The monoisotopic (exact) mass is 325 g/mol. The van der Waals surface area contributed by atoms with Crippen molar-refractivity contribution in [3.05, 3.63) is 59.9 Å². The highest BCUT2D eigenvalue weighted by Gasteiger charge is 2.28. The Bertz CT molecular complexity index is 854. The Hall–Kier alpha value is -3.00. The number of benzene rings is 1. The van der Waals surface area contributed by atoms with Gasteiger partial charge in [0.15, 0.2) is 5.69 Å². The maximum atomic E-state index is 12.4. The molecule has 2 aromatic heterocycles. The molecule has 1 aliphatic rings. The van der Waals surface area contributed by atoms with Gasteiger partial charge in [0.05, 0.1) is 26.0 Å². The van der Waals surface area contributed by atoms with Crippen molar-refractivity contribution >= 4 is 5.91 Å². The number of aromatic nitrogens is 5. The maximum absolute atomic E-state index is 12.4. The van der Waals surface area contributed by atoms with Crippen molar-refractivity contribution in [1.82, 2.24) is 24.5 Å². The van der Waals surface area contributed by atoms with Gasteiger partial charge in [0.1, 0.15) is 18.2 Å². The molecule has 24 heavy (non-hydrogen) atoms. The average molecular weight is 325 g/mol. The minimum atomic E-state index is -0.264. The van der Waals surface area contributed by atoms with Crippen LogP contribution < -0.4 is 4.74 Å². The summed E-state index contributed by atoms with van der Waals surface area (Å²) in [5, 5.41) is 8.13. The van der Waals surface area contributed by atoms with Gasteiger partial charge in [-0.1, -0.05) is 17.3 Å². The third-order valence-electron chi connectivity index (χ3n) is 4.03. The van der Waals surface area contributed by atoms with Crippen molar-refractivity contribution in [3.8, 4) is 5.75 Å². The predicted molar refractivity (Wildman–Crippen MR) is 82.5 cm³/mol. The summed E-state index contributed by atoms with van der Waals surface area (Å²) in [4.78, 5) is 16.3. The molecule has 0 N–H and O–H groups in total. The second-order valence-electron chi connectivity index (χ2n) is 5.41. The molecule has 1 aromatic carbocycles. The summed E-state index contributed by atoms with van der Waals surface area (Å²) >= 11 is 0. The third-order valence-corrected chi connectivity index (χ3v) is 4.03. The van der Waals surface area contributed by atoms with Gasteiger partial charge in [-0.25, -0.2) is 9.67 Å². The summed E-state index contributed by atoms with van der Waals surface area (Å²) in [6.07, 6.45) is 4.43. The SMILES string of the molecule is COc1ccc([C@@H]2Cn3nnc(C(=O)n4ccnc4)c3CO2)cc1. The number of methoxy groups -OCH3 is 1. The van der Waals surface area contributed by atoms with E-state index in [2.05, 4.69) is 15.3 Å². The second-order valence-corrected chi connectivity index (χ2v) is 5.41. The second kappa shape index (κ2) is 5.89. The number of carbonyl (C=O) groups is 1. The largest absolute Gasteiger partial charge is 0.497 e. The van der Waals surface area contributed by atoms with E-state index in [1.165, 1.54) is 10.9 Å². The van der Waals surface area contributed by atoms with Gasteiger partial charge in [-0.2, -0.15) is 0 Å². The maximum Gasteiger partial charge on any atom is 0.285 e. The molecule has 0 amide bonds. The molecule has 0 radical (unpaired) electrons.